The average molecular weight is 387 g/mol. The standard InChI is InChI=1S/C19H19ClN4O3/c1-11(2)19(3)17(26)24(18(27)23-19)15-8-7-12(10-13(15)20)22-16(25)14-6-4-5-9-21-14/h4-11H,1-3H3,(H,22,25)(H,23,27)/t19-/m1/s1. The van der Waals surface area contributed by atoms with Crippen LogP contribution in [0, 0.1) is 5.92 Å². The van der Waals surface area contributed by atoms with Crippen molar-refractivity contribution in [1.82, 2.24) is 10.3 Å². The van der Waals surface area contributed by atoms with Gasteiger partial charge in [0.2, 0.25) is 0 Å². The molecule has 27 heavy (non-hydrogen) atoms. The molecule has 4 amide bonds. The van der Waals surface area contributed by atoms with Crippen LogP contribution in [-0.2, 0) is 4.79 Å². The van der Waals surface area contributed by atoms with E-state index in [1.54, 1.807) is 31.2 Å². The molecule has 1 saturated heterocycles. The third kappa shape index (κ3) is 3.38. The van der Waals surface area contributed by atoms with Gasteiger partial charge in [0.25, 0.3) is 11.8 Å². The maximum Gasteiger partial charge on any atom is 0.329 e. The molecule has 1 aromatic carbocycles. The number of amides is 4. The fourth-order valence-electron chi connectivity index (χ4n) is 2.72. The second-order valence-electron chi connectivity index (χ2n) is 6.76. The number of pyridine rings is 1. The summed E-state index contributed by atoms with van der Waals surface area (Å²) < 4.78 is 0. The molecule has 8 heteroatoms. The Morgan fingerprint density at radius 1 is 1.26 bits per heavy atom. The van der Waals surface area contributed by atoms with Gasteiger partial charge >= 0.3 is 6.03 Å². The summed E-state index contributed by atoms with van der Waals surface area (Å²) in [7, 11) is 0. The van der Waals surface area contributed by atoms with Gasteiger partial charge in [-0.05, 0) is 43.2 Å². The van der Waals surface area contributed by atoms with Crippen LogP contribution in [0.2, 0.25) is 5.02 Å². The maximum absolute atomic E-state index is 12.8. The largest absolute Gasteiger partial charge is 0.329 e. The summed E-state index contributed by atoms with van der Waals surface area (Å²) >= 11 is 6.30. The molecule has 0 saturated carbocycles. The lowest BCUT2D eigenvalue weighted by Gasteiger charge is -2.25. The molecule has 0 unspecified atom stereocenters. The number of carbonyl (C=O) groups is 3. The van der Waals surface area contributed by atoms with Gasteiger partial charge in [-0.3, -0.25) is 14.6 Å². The van der Waals surface area contributed by atoms with E-state index >= 15 is 0 Å². The highest BCUT2D eigenvalue weighted by Gasteiger charge is 2.50. The number of imide groups is 1. The van der Waals surface area contributed by atoms with E-state index < -0.39 is 11.6 Å². The monoisotopic (exact) mass is 386 g/mol. The summed E-state index contributed by atoms with van der Waals surface area (Å²) in [6, 6.07) is 9.08. The molecule has 0 spiro atoms. The summed E-state index contributed by atoms with van der Waals surface area (Å²) in [5.74, 6) is -0.842. The Hall–Kier alpha value is -2.93. The van der Waals surface area contributed by atoms with Crippen LogP contribution in [0.1, 0.15) is 31.3 Å². The first-order valence-electron chi connectivity index (χ1n) is 8.42. The van der Waals surface area contributed by atoms with Gasteiger partial charge in [-0.15, -0.1) is 0 Å². The Morgan fingerprint density at radius 3 is 2.56 bits per heavy atom. The molecule has 1 fully saturated rings. The van der Waals surface area contributed by atoms with E-state index in [2.05, 4.69) is 15.6 Å². The molecule has 1 aliphatic heterocycles. The molecule has 2 heterocycles. The predicted octanol–water partition coefficient (Wildman–Crippen LogP) is 3.46. The first-order chi connectivity index (χ1) is 12.7. The van der Waals surface area contributed by atoms with E-state index in [0.29, 0.717) is 5.69 Å². The van der Waals surface area contributed by atoms with E-state index in [1.807, 2.05) is 13.8 Å². The van der Waals surface area contributed by atoms with Crippen molar-refractivity contribution in [3.05, 3.63) is 53.3 Å². The number of urea groups is 1. The second kappa shape index (κ2) is 7.00. The van der Waals surface area contributed by atoms with Crippen molar-refractivity contribution in [2.45, 2.75) is 26.3 Å². The van der Waals surface area contributed by atoms with Gasteiger partial charge in [-0.2, -0.15) is 0 Å². The topological polar surface area (TPSA) is 91.4 Å². The Kier molecular flexibility index (Phi) is 4.89. The van der Waals surface area contributed by atoms with Gasteiger partial charge in [-0.25, -0.2) is 9.69 Å². The molecule has 0 radical (unpaired) electrons. The quantitative estimate of drug-likeness (QED) is 0.787. The van der Waals surface area contributed by atoms with E-state index in [1.165, 1.54) is 18.3 Å². The highest BCUT2D eigenvalue weighted by Crippen LogP contribution is 2.35. The van der Waals surface area contributed by atoms with Crippen molar-refractivity contribution < 1.29 is 14.4 Å². The third-order valence-corrected chi connectivity index (χ3v) is 5.02. The minimum Gasteiger partial charge on any atom is -0.323 e. The van der Waals surface area contributed by atoms with Crippen LogP contribution in [-0.4, -0.2) is 28.4 Å². The molecule has 7 nitrogen and oxygen atoms in total. The van der Waals surface area contributed by atoms with Crippen LogP contribution in [0.5, 0.6) is 0 Å². The number of hydrogen-bond acceptors (Lipinski definition) is 4. The lowest BCUT2D eigenvalue weighted by Crippen LogP contribution is -2.48. The molecule has 1 atom stereocenters. The van der Waals surface area contributed by atoms with Gasteiger partial charge in [0.15, 0.2) is 0 Å². The van der Waals surface area contributed by atoms with E-state index in [-0.39, 0.29) is 34.1 Å². The number of nitrogens with zero attached hydrogens (tertiary/aromatic N) is 2. The zero-order valence-electron chi connectivity index (χ0n) is 15.1. The Morgan fingerprint density at radius 2 is 2.00 bits per heavy atom. The van der Waals surface area contributed by atoms with Crippen LogP contribution in [0.15, 0.2) is 42.6 Å². The van der Waals surface area contributed by atoms with Crippen molar-refractivity contribution in [2.75, 3.05) is 10.2 Å². The molecule has 140 valence electrons. The number of carbonyl (C=O) groups excluding carboxylic acids is 3. The summed E-state index contributed by atoms with van der Waals surface area (Å²) in [4.78, 5) is 42.3. The number of nitrogens with one attached hydrogen (secondary N) is 2. The molecule has 3 rings (SSSR count). The molecular weight excluding hydrogens is 368 g/mol. The highest BCUT2D eigenvalue weighted by atomic mass is 35.5. The first-order valence-corrected chi connectivity index (χ1v) is 8.80. The maximum atomic E-state index is 12.8. The van der Waals surface area contributed by atoms with Crippen molar-refractivity contribution >= 4 is 40.8 Å². The summed E-state index contributed by atoms with van der Waals surface area (Å²) in [5.41, 5.74) is -0.0383. The molecule has 2 N–H and O–H groups in total. The van der Waals surface area contributed by atoms with Gasteiger partial charge in [0.05, 0.1) is 10.7 Å². The van der Waals surface area contributed by atoms with Gasteiger partial charge in [-0.1, -0.05) is 31.5 Å². The molecule has 0 bridgehead atoms. The van der Waals surface area contributed by atoms with Crippen LogP contribution >= 0.6 is 11.6 Å². The smallest absolute Gasteiger partial charge is 0.323 e. The molecule has 2 aromatic rings. The lowest BCUT2D eigenvalue weighted by molar-refractivity contribution is -0.122. The average Bonchev–Trinajstić information content (AvgIpc) is 2.86. The van der Waals surface area contributed by atoms with Crippen LogP contribution in [0.25, 0.3) is 0 Å². The van der Waals surface area contributed by atoms with E-state index in [0.717, 1.165) is 4.90 Å². The van der Waals surface area contributed by atoms with Crippen molar-refractivity contribution in [3.8, 4) is 0 Å². The Balaban J connectivity index is 1.84. The summed E-state index contributed by atoms with van der Waals surface area (Å²) in [6.45, 7) is 5.41. The Labute approximate surface area is 161 Å². The second-order valence-corrected chi connectivity index (χ2v) is 7.17. The van der Waals surface area contributed by atoms with Gasteiger partial charge in [0, 0.05) is 11.9 Å². The van der Waals surface area contributed by atoms with Crippen molar-refractivity contribution in [1.29, 1.82) is 0 Å². The zero-order valence-corrected chi connectivity index (χ0v) is 15.9. The number of rotatable bonds is 4. The SMILES string of the molecule is CC(C)[C@@]1(C)NC(=O)N(c2ccc(NC(=O)c3ccccn3)cc2Cl)C1=O. The molecule has 1 aromatic heterocycles. The molecule has 1 aliphatic rings. The predicted molar refractivity (Wildman–Crippen MR) is 103 cm³/mol. The zero-order chi connectivity index (χ0) is 19.8. The van der Waals surface area contributed by atoms with Gasteiger partial charge in [0.1, 0.15) is 11.2 Å². The van der Waals surface area contributed by atoms with Crippen LogP contribution in [0.4, 0.5) is 16.2 Å². The molecule has 0 aliphatic carbocycles. The van der Waals surface area contributed by atoms with Crippen LogP contribution in [0.3, 0.4) is 0 Å². The van der Waals surface area contributed by atoms with Crippen molar-refractivity contribution in [3.63, 3.8) is 0 Å². The first kappa shape index (κ1) is 18.8. The van der Waals surface area contributed by atoms with E-state index in [4.69, 9.17) is 11.6 Å². The minimum absolute atomic E-state index is 0.0883. The number of hydrogen-bond donors (Lipinski definition) is 2. The summed E-state index contributed by atoms with van der Waals surface area (Å²) in [6.07, 6.45) is 1.52. The van der Waals surface area contributed by atoms with E-state index in [9.17, 15) is 14.4 Å². The highest BCUT2D eigenvalue weighted by molar-refractivity contribution is 6.36. The number of aromatic nitrogens is 1. The summed E-state index contributed by atoms with van der Waals surface area (Å²) in [5, 5.41) is 5.58. The fourth-order valence-corrected chi connectivity index (χ4v) is 2.99. The van der Waals surface area contributed by atoms with Crippen molar-refractivity contribution in [2.24, 2.45) is 5.92 Å². The fraction of sp³-hybridized carbons (Fsp3) is 0.263. The number of benzene rings is 1. The number of anilines is 2. The lowest BCUT2D eigenvalue weighted by atomic mass is 9.88. The van der Waals surface area contributed by atoms with Crippen LogP contribution < -0.4 is 15.5 Å². The normalized spacial score (nSPS) is 19.4. The number of halogens is 1. The minimum atomic E-state index is -0.994. The Bertz CT molecular complexity index is 916. The van der Waals surface area contributed by atoms with Gasteiger partial charge < -0.3 is 10.6 Å². The third-order valence-electron chi connectivity index (χ3n) is 4.72. The molecular formula is C19H19ClN4O3.